The number of carbonyl (C=O) groups is 1. The number of halogens is 1. The molecule has 2 rings (SSSR count). The van der Waals surface area contributed by atoms with E-state index in [-0.39, 0.29) is 0 Å². The normalized spacial score (nSPS) is 14.6. The summed E-state index contributed by atoms with van der Waals surface area (Å²) in [6.45, 7) is 0. The van der Waals surface area contributed by atoms with Crippen LogP contribution in [0.4, 0.5) is 0 Å². The molecule has 0 saturated carbocycles. The van der Waals surface area contributed by atoms with E-state index in [2.05, 4.69) is 0 Å². The molecule has 0 amide bonds. The molecule has 1 N–H and O–H groups in total. The van der Waals surface area contributed by atoms with E-state index in [1.165, 1.54) is 11.8 Å². The maximum absolute atomic E-state index is 11.3. The molecule has 0 unspecified atom stereocenters. The van der Waals surface area contributed by atoms with Crippen LogP contribution < -0.4 is 0 Å². The Morgan fingerprint density at radius 2 is 2.12 bits per heavy atom. The van der Waals surface area contributed by atoms with Gasteiger partial charge in [-0.3, -0.25) is 0 Å². The van der Waals surface area contributed by atoms with Crippen molar-refractivity contribution in [2.75, 3.05) is 6.26 Å². The van der Waals surface area contributed by atoms with Crippen LogP contribution in [0.2, 0.25) is 5.02 Å². The van der Waals surface area contributed by atoms with Gasteiger partial charge < -0.3 is 5.11 Å². The second-order valence-corrected chi connectivity index (χ2v) is 5.14. The zero-order chi connectivity index (χ0) is 11.7. The first-order valence-electron chi connectivity index (χ1n) is 5.26. The molecule has 4 heteroatoms. The number of aromatic carboxylic acids is 1. The first-order valence-corrected chi connectivity index (χ1v) is 6.87. The Kier molecular flexibility index (Phi) is 3.45. The molecule has 0 fully saturated rings. The summed E-state index contributed by atoms with van der Waals surface area (Å²) in [6, 6.07) is 1.94. The first kappa shape index (κ1) is 11.8. The molecule has 0 heterocycles. The molecule has 0 saturated heterocycles. The number of fused-ring (bicyclic) bond motifs is 1. The van der Waals surface area contributed by atoms with Crippen LogP contribution in [-0.2, 0) is 12.8 Å². The van der Waals surface area contributed by atoms with Gasteiger partial charge in [0.2, 0.25) is 0 Å². The van der Waals surface area contributed by atoms with E-state index in [9.17, 15) is 9.90 Å². The molecule has 1 aliphatic rings. The Balaban J connectivity index is 2.68. The Morgan fingerprint density at radius 3 is 2.75 bits per heavy atom. The maximum Gasteiger partial charge on any atom is 0.337 e. The van der Waals surface area contributed by atoms with Crippen LogP contribution in [0.15, 0.2) is 11.0 Å². The van der Waals surface area contributed by atoms with Gasteiger partial charge in [-0.1, -0.05) is 11.6 Å². The molecule has 86 valence electrons. The monoisotopic (exact) mass is 256 g/mol. The van der Waals surface area contributed by atoms with Crippen LogP contribution in [0.5, 0.6) is 0 Å². The van der Waals surface area contributed by atoms with Crippen LogP contribution in [0, 0.1) is 0 Å². The number of thioether (sulfide) groups is 1. The molecule has 1 aliphatic carbocycles. The highest BCUT2D eigenvalue weighted by Gasteiger charge is 2.23. The lowest BCUT2D eigenvalue weighted by atomic mass is 9.88. The van der Waals surface area contributed by atoms with Crippen molar-refractivity contribution >= 4 is 29.3 Å². The average molecular weight is 257 g/mol. The minimum atomic E-state index is -0.856. The van der Waals surface area contributed by atoms with Crippen molar-refractivity contribution in [3.63, 3.8) is 0 Å². The second kappa shape index (κ2) is 4.68. The van der Waals surface area contributed by atoms with Gasteiger partial charge in [0.25, 0.3) is 0 Å². The van der Waals surface area contributed by atoms with E-state index in [1.807, 2.05) is 12.3 Å². The highest BCUT2D eigenvalue weighted by Crippen LogP contribution is 2.36. The van der Waals surface area contributed by atoms with E-state index in [1.54, 1.807) is 0 Å². The van der Waals surface area contributed by atoms with Crippen LogP contribution in [0.25, 0.3) is 0 Å². The quantitative estimate of drug-likeness (QED) is 0.821. The fourth-order valence-electron chi connectivity index (χ4n) is 2.27. The highest BCUT2D eigenvalue weighted by atomic mass is 35.5. The smallest absolute Gasteiger partial charge is 0.337 e. The largest absolute Gasteiger partial charge is 0.478 e. The lowest BCUT2D eigenvalue weighted by Crippen LogP contribution is -2.12. The second-order valence-electron chi connectivity index (χ2n) is 3.92. The Morgan fingerprint density at radius 1 is 1.44 bits per heavy atom. The van der Waals surface area contributed by atoms with Gasteiger partial charge in [-0.05, 0) is 49.1 Å². The van der Waals surface area contributed by atoms with Crippen LogP contribution in [0.1, 0.15) is 34.3 Å². The predicted molar refractivity (Wildman–Crippen MR) is 66.8 cm³/mol. The van der Waals surface area contributed by atoms with Crippen LogP contribution in [0.3, 0.4) is 0 Å². The van der Waals surface area contributed by atoms with Crippen molar-refractivity contribution in [2.45, 2.75) is 30.6 Å². The zero-order valence-corrected chi connectivity index (χ0v) is 10.6. The molecular weight excluding hydrogens is 244 g/mol. The molecular formula is C12H13ClO2S. The van der Waals surface area contributed by atoms with Gasteiger partial charge >= 0.3 is 5.97 Å². The van der Waals surface area contributed by atoms with E-state index in [0.29, 0.717) is 15.5 Å². The minimum Gasteiger partial charge on any atom is -0.478 e. The molecule has 1 aromatic rings. The van der Waals surface area contributed by atoms with Gasteiger partial charge in [0, 0.05) is 4.90 Å². The van der Waals surface area contributed by atoms with E-state index in [0.717, 1.165) is 36.8 Å². The van der Waals surface area contributed by atoms with Crippen LogP contribution >= 0.6 is 23.4 Å². The van der Waals surface area contributed by atoms with Crippen molar-refractivity contribution in [3.05, 3.63) is 27.8 Å². The van der Waals surface area contributed by atoms with E-state index < -0.39 is 5.97 Å². The van der Waals surface area contributed by atoms with Crippen molar-refractivity contribution in [3.8, 4) is 0 Å². The van der Waals surface area contributed by atoms with Crippen LogP contribution in [-0.4, -0.2) is 17.3 Å². The summed E-state index contributed by atoms with van der Waals surface area (Å²) in [5.74, 6) is -0.856. The molecule has 2 nitrogen and oxygen atoms in total. The summed E-state index contributed by atoms with van der Waals surface area (Å²) in [5.41, 5.74) is 2.54. The highest BCUT2D eigenvalue weighted by molar-refractivity contribution is 7.98. The maximum atomic E-state index is 11.3. The number of carboxylic acid groups (broad SMARTS) is 1. The van der Waals surface area contributed by atoms with Crippen molar-refractivity contribution in [1.29, 1.82) is 0 Å². The lowest BCUT2D eigenvalue weighted by Gasteiger charge is -2.20. The number of rotatable bonds is 2. The third kappa shape index (κ3) is 1.94. The van der Waals surface area contributed by atoms with Gasteiger partial charge in [0.1, 0.15) is 0 Å². The molecule has 0 atom stereocenters. The standard InChI is InChI=1S/C12H13ClO2S/c1-16-11-9(13)6-7-4-2-3-5-8(7)10(11)12(14)15/h6H,2-5H2,1H3,(H,14,15). The number of carboxylic acids is 1. The number of benzene rings is 1. The summed E-state index contributed by atoms with van der Waals surface area (Å²) in [6.07, 6.45) is 5.87. The Bertz CT molecular complexity index is 443. The van der Waals surface area contributed by atoms with Gasteiger partial charge in [-0.25, -0.2) is 4.79 Å². The summed E-state index contributed by atoms with van der Waals surface area (Å²) in [4.78, 5) is 12.0. The Labute approximate surface area is 104 Å². The van der Waals surface area contributed by atoms with Gasteiger partial charge in [-0.15, -0.1) is 11.8 Å². The third-order valence-electron chi connectivity index (χ3n) is 2.98. The molecule has 0 radical (unpaired) electrons. The minimum absolute atomic E-state index is 0.426. The summed E-state index contributed by atoms with van der Waals surface area (Å²) < 4.78 is 0. The molecule has 0 spiro atoms. The van der Waals surface area contributed by atoms with Gasteiger partial charge in [-0.2, -0.15) is 0 Å². The van der Waals surface area contributed by atoms with Crippen molar-refractivity contribution < 1.29 is 9.90 Å². The van der Waals surface area contributed by atoms with E-state index >= 15 is 0 Å². The van der Waals surface area contributed by atoms with E-state index in [4.69, 9.17) is 11.6 Å². The van der Waals surface area contributed by atoms with Crippen molar-refractivity contribution in [1.82, 2.24) is 0 Å². The SMILES string of the molecule is CSc1c(Cl)cc2c(c1C(=O)O)CCCC2. The Hall–Kier alpha value is -0.670. The first-order chi connectivity index (χ1) is 7.65. The summed E-state index contributed by atoms with van der Waals surface area (Å²) >= 11 is 7.54. The number of aryl methyl sites for hydroxylation is 1. The number of hydrogen-bond acceptors (Lipinski definition) is 2. The number of hydrogen-bond donors (Lipinski definition) is 1. The summed E-state index contributed by atoms with van der Waals surface area (Å²) in [7, 11) is 0. The summed E-state index contributed by atoms with van der Waals surface area (Å²) in [5, 5.41) is 9.88. The molecule has 0 aliphatic heterocycles. The molecule has 16 heavy (non-hydrogen) atoms. The van der Waals surface area contributed by atoms with Gasteiger partial charge in [0.05, 0.1) is 10.6 Å². The van der Waals surface area contributed by atoms with Gasteiger partial charge in [0.15, 0.2) is 0 Å². The van der Waals surface area contributed by atoms with Crippen molar-refractivity contribution in [2.24, 2.45) is 0 Å². The average Bonchev–Trinajstić information content (AvgIpc) is 2.26. The molecule has 1 aromatic carbocycles. The molecule has 0 aromatic heterocycles. The topological polar surface area (TPSA) is 37.3 Å². The zero-order valence-electron chi connectivity index (χ0n) is 9.05. The predicted octanol–water partition coefficient (Wildman–Crippen LogP) is 3.64. The molecule has 0 bridgehead atoms. The fraction of sp³-hybridized carbons (Fsp3) is 0.417. The third-order valence-corrected chi connectivity index (χ3v) is 4.22. The fourth-order valence-corrected chi connectivity index (χ4v) is 3.40. The lowest BCUT2D eigenvalue weighted by molar-refractivity contribution is 0.0691.